The first-order valence-corrected chi connectivity index (χ1v) is 4.42. The van der Waals surface area contributed by atoms with E-state index in [1.54, 1.807) is 6.20 Å². The summed E-state index contributed by atoms with van der Waals surface area (Å²) in [6, 6.07) is 0. The van der Waals surface area contributed by atoms with Gasteiger partial charge in [0.05, 0.1) is 6.20 Å². The topological polar surface area (TPSA) is 26.0 Å². The molecule has 2 heteroatoms. The monoisotopic (exact) mass is 165 g/mol. The molecule has 0 aromatic carbocycles. The molecule has 66 valence electrons. The maximum Gasteiger partial charge on any atom is 0.218 e. The van der Waals surface area contributed by atoms with Gasteiger partial charge in [-0.3, -0.25) is 0 Å². The Labute approximate surface area is 73.3 Å². The lowest BCUT2D eigenvalue weighted by Crippen LogP contribution is -1.69. The zero-order valence-electron chi connectivity index (χ0n) is 7.71. The van der Waals surface area contributed by atoms with Crippen LogP contribution in [-0.2, 0) is 0 Å². The molecule has 0 fully saturated rings. The lowest BCUT2D eigenvalue weighted by Gasteiger charge is -1.86. The quantitative estimate of drug-likeness (QED) is 0.640. The molecule has 0 atom stereocenters. The Balaban J connectivity index is 2.36. The van der Waals surface area contributed by atoms with Gasteiger partial charge in [0.2, 0.25) is 5.89 Å². The van der Waals surface area contributed by atoms with Crippen LogP contribution in [0.25, 0.3) is 6.08 Å². The van der Waals surface area contributed by atoms with Gasteiger partial charge in [-0.1, -0.05) is 25.8 Å². The summed E-state index contributed by atoms with van der Waals surface area (Å²) < 4.78 is 5.27. The summed E-state index contributed by atoms with van der Waals surface area (Å²) >= 11 is 0. The van der Waals surface area contributed by atoms with E-state index in [2.05, 4.69) is 18.0 Å². The van der Waals surface area contributed by atoms with Crippen molar-refractivity contribution in [2.24, 2.45) is 0 Å². The number of hydrogen-bond donors (Lipinski definition) is 0. The third-order valence-electron chi connectivity index (χ3n) is 1.62. The molecule has 0 saturated carbocycles. The fourth-order valence-electron chi connectivity index (χ4n) is 0.955. The number of unbranched alkanes of at least 4 members (excludes halogenated alkanes) is 2. The van der Waals surface area contributed by atoms with Gasteiger partial charge < -0.3 is 4.42 Å². The Morgan fingerprint density at radius 1 is 1.58 bits per heavy atom. The zero-order valence-corrected chi connectivity index (χ0v) is 7.71. The van der Waals surface area contributed by atoms with Crippen LogP contribution >= 0.6 is 0 Å². The highest BCUT2D eigenvalue weighted by Gasteiger charge is 1.92. The number of aryl methyl sites for hydroxylation is 1. The van der Waals surface area contributed by atoms with E-state index in [0.717, 1.165) is 12.2 Å². The molecule has 1 aromatic heterocycles. The smallest absolute Gasteiger partial charge is 0.218 e. The lowest BCUT2D eigenvalue weighted by atomic mass is 10.2. The molecule has 1 rings (SSSR count). The molecule has 0 unspecified atom stereocenters. The highest BCUT2D eigenvalue weighted by atomic mass is 16.3. The standard InChI is InChI=1S/C10H15NO/c1-3-4-5-6-7-10-11-8-9(2)12-10/h6-8H,3-5H2,1-2H3/b7-6+. The van der Waals surface area contributed by atoms with E-state index in [0.29, 0.717) is 5.89 Å². The van der Waals surface area contributed by atoms with Crippen LogP contribution in [0, 0.1) is 6.92 Å². The third-order valence-corrected chi connectivity index (χ3v) is 1.62. The van der Waals surface area contributed by atoms with E-state index in [4.69, 9.17) is 4.42 Å². The summed E-state index contributed by atoms with van der Waals surface area (Å²) in [5.74, 6) is 1.58. The molecule has 0 N–H and O–H groups in total. The van der Waals surface area contributed by atoms with Gasteiger partial charge in [0.15, 0.2) is 0 Å². The fraction of sp³-hybridized carbons (Fsp3) is 0.500. The van der Waals surface area contributed by atoms with E-state index in [1.807, 2.05) is 13.0 Å². The average Bonchev–Trinajstić information content (AvgIpc) is 2.45. The first-order chi connectivity index (χ1) is 5.83. The highest BCUT2D eigenvalue weighted by molar-refractivity contribution is 5.37. The van der Waals surface area contributed by atoms with Gasteiger partial charge in [-0.05, 0) is 19.4 Å². The fourth-order valence-corrected chi connectivity index (χ4v) is 0.955. The predicted molar refractivity (Wildman–Crippen MR) is 49.8 cm³/mol. The number of allylic oxidation sites excluding steroid dienone is 1. The summed E-state index contributed by atoms with van der Waals surface area (Å²) in [6.45, 7) is 4.08. The SMILES string of the molecule is CCCC/C=C/c1ncc(C)o1. The van der Waals surface area contributed by atoms with Gasteiger partial charge in [0, 0.05) is 0 Å². The van der Waals surface area contributed by atoms with Crippen LogP contribution < -0.4 is 0 Å². The van der Waals surface area contributed by atoms with Gasteiger partial charge in [0.25, 0.3) is 0 Å². The van der Waals surface area contributed by atoms with Crippen LogP contribution in [0.1, 0.15) is 37.8 Å². The Bertz CT molecular complexity index is 250. The number of rotatable bonds is 4. The van der Waals surface area contributed by atoms with E-state index in [1.165, 1.54) is 12.8 Å². The molecule has 1 heterocycles. The van der Waals surface area contributed by atoms with Crippen LogP contribution in [0.4, 0.5) is 0 Å². The van der Waals surface area contributed by atoms with Gasteiger partial charge in [-0.25, -0.2) is 4.98 Å². The molecule has 1 aromatic rings. The predicted octanol–water partition coefficient (Wildman–Crippen LogP) is 3.19. The van der Waals surface area contributed by atoms with Crippen molar-refractivity contribution in [1.29, 1.82) is 0 Å². The summed E-state index contributed by atoms with van der Waals surface area (Å²) in [4.78, 5) is 4.06. The van der Waals surface area contributed by atoms with Crippen LogP contribution in [0.5, 0.6) is 0 Å². The minimum atomic E-state index is 0.712. The van der Waals surface area contributed by atoms with Crippen LogP contribution in [0.15, 0.2) is 16.7 Å². The van der Waals surface area contributed by atoms with Crippen LogP contribution in [-0.4, -0.2) is 4.98 Å². The Hall–Kier alpha value is -1.05. The van der Waals surface area contributed by atoms with Crippen LogP contribution in [0.3, 0.4) is 0 Å². The molecular formula is C10H15NO. The minimum absolute atomic E-state index is 0.712. The van der Waals surface area contributed by atoms with Crippen molar-refractivity contribution < 1.29 is 4.42 Å². The number of aromatic nitrogens is 1. The van der Waals surface area contributed by atoms with Crippen molar-refractivity contribution in [3.05, 3.63) is 23.9 Å². The summed E-state index contributed by atoms with van der Waals surface area (Å²) in [7, 11) is 0. The number of oxazole rings is 1. The molecule has 0 aliphatic rings. The van der Waals surface area contributed by atoms with Crippen molar-refractivity contribution in [2.45, 2.75) is 33.1 Å². The second-order valence-corrected chi connectivity index (χ2v) is 2.85. The highest BCUT2D eigenvalue weighted by Crippen LogP contribution is 2.05. The maximum atomic E-state index is 5.27. The van der Waals surface area contributed by atoms with Crippen molar-refractivity contribution in [3.8, 4) is 0 Å². The molecule has 2 nitrogen and oxygen atoms in total. The van der Waals surface area contributed by atoms with E-state index < -0.39 is 0 Å². The number of nitrogens with zero attached hydrogens (tertiary/aromatic N) is 1. The largest absolute Gasteiger partial charge is 0.442 e. The minimum Gasteiger partial charge on any atom is -0.442 e. The normalized spacial score (nSPS) is 11.2. The molecule has 0 amide bonds. The Morgan fingerprint density at radius 2 is 2.42 bits per heavy atom. The first kappa shape index (κ1) is 9.04. The number of hydrogen-bond acceptors (Lipinski definition) is 2. The third kappa shape index (κ3) is 2.91. The zero-order chi connectivity index (χ0) is 8.81. The second kappa shape index (κ2) is 4.75. The molecule has 0 bridgehead atoms. The molecule has 0 radical (unpaired) electrons. The summed E-state index contributed by atoms with van der Waals surface area (Å²) in [5, 5.41) is 0. The molecule has 0 saturated heterocycles. The van der Waals surface area contributed by atoms with Gasteiger partial charge in [-0.2, -0.15) is 0 Å². The van der Waals surface area contributed by atoms with E-state index in [9.17, 15) is 0 Å². The van der Waals surface area contributed by atoms with Crippen molar-refractivity contribution >= 4 is 6.08 Å². The molecule has 12 heavy (non-hydrogen) atoms. The Morgan fingerprint density at radius 3 is 3.00 bits per heavy atom. The van der Waals surface area contributed by atoms with Crippen LogP contribution in [0.2, 0.25) is 0 Å². The average molecular weight is 165 g/mol. The summed E-state index contributed by atoms with van der Waals surface area (Å²) in [6.07, 6.45) is 9.35. The Kier molecular flexibility index (Phi) is 3.58. The second-order valence-electron chi connectivity index (χ2n) is 2.85. The van der Waals surface area contributed by atoms with E-state index >= 15 is 0 Å². The maximum absolute atomic E-state index is 5.27. The molecule has 0 aliphatic carbocycles. The van der Waals surface area contributed by atoms with Gasteiger partial charge >= 0.3 is 0 Å². The summed E-state index contributed by atoms with van der Waals surface area (Å²) in [5.41, 5.74) is 0. The lowest BCUT2D eigenvalue weighted by molar-refractivity contribution is 0.516. The van der Waals surface area contributed by atoms with E-state index in [-0.39, 0.29) is 0 Å². The van der Waals surface area contributed by atoms with Crippen molar-refractivity contribution in [2.75, 3.05) is 0 Å². The van der Waals surface area contributed by atoms with Gasteiger partial charge in [-0.15, -0.1) is 0 Å². The molecular weight excluding hydrogens is 150 g/mol. The van der Waals surface area contributed by atoms with Crippen molar-refractivity contribution in [3.63, 3.8) is 0 Å². The first-order valence-electron chi connectivity index (χ1n) is 4.42. The molecule has 0 spiro atoms. The molecule has 0 aliphatic heterocycles. The van der Waals surface area contributed by atoms with Crippen molar-refractivity contribution in [1.82, 2.24) is 4.98 Å². The van der Waals surface area contributed by atoms with Gasteiger partial charge in [0.1, 0.15) is 5.76 Å².